The molecule has 1 fully saturated rings. The van der Waals surface area contributed by atoms with Crippen LogP contribution in [0.1, 0.15) is 57.6 Å². The van der Waals surface area contributed by atoms with Gasteiger partial charge in [-0.2, -0.15) is 0 Å². The molecule has 148 valence electrons. The average molecular weight is 395 g/mol. The molecular weight excluding hydrogens is 368 g/mol. The zero-order chi connectivity index (χ0) is 20.0. The topological polar surface area (TPSA) is 84.5 Å². The van der Waals surface area contributed by atoms with Crippen LogP contribution in [0, 0.1) is 5.92 Å². The Morgan fingerprint density at radius 2 is 1.81 bits per heavy atom. The van der Waals surface area contributed by atoms with Crippen LogP contribution >= 0.6 is 11.6 Å². The molecule has 0 heterocycles. The second kappa shape index (κ2) is 9.22. The quantitative estimate of drug-likeness (QED) is 0.726. The van der Waals surface area contributed by atoms with Crippen molar-refractivity contribution in [2.75, 3.05) is 7.11 Å². The lowest BCUT2D eigenvalue weighted by Gasteiger charge is -2.37. The highest BCUT2D eigenvalue weighted by Crippen LogP contribution is 2.33. The van der Waals surface area contributed by atoms with Crippen molar-refractivity contribution in [1.29, 1.82) is 0 Å². The van der Waals surface area contributed by atoms with Crippen molar-refractivity contribution in [1.82, 2.24) is 10.6 Å². The standard InChI is InChI=1S/C20H27ClN2O4/c1-13-8-10-20(11-9-13,19(26)27-3)23-18(25)12-17(22-14(2)24)15-4-6-16(21)7-5-15/h4-7,13,17H,8-12H2,1-3H3,(H,22,24)(H,23,25). The number of ether oxygens (including phenoxy) is 1. The molecule has 1 aromatic rings. The summed E-state index contributed by atoms with van der Waals surface area (Å²) in [6, 6.07) is 6.46. The molecule has 1 atom stereocenters. The highest BCUT2D eigenvalue weighted by Gasteiger charge is 2.43. The lowest BCUT2D eigenvalue weighted by Crippen LogP contribution is -2.57. The second-order valence-corrected chi connectivity index (χ2v) is 7.75. The van der Waals surface area contributed by atoms with Gasteiger partial charge in [0.25, 0.3) is 0 Å². The van der Waals surface area contributed by atoms with Crippen LogP contribution in [0.25, 0.3) is 0 Å². The number of halogens is 1. The Kier molecular flexibility index (Phi) is 7.25. The zero-order valence-corrected chi connectivity index (χ0v) is 16.8. The Bertz CT molecular complexity index is 682. The lowest BCUT2D eigenvalue weighted by atomic mass is 9.77. The molecule has 6 nitrogen and oxygen atoms in total. The fraction of sp³-hybridized carbons (Fsp3) is 0.550. The number of nitrogens with one attached hydrogen (secondary N) is 2. The van der Waals surface area contributed by atoms with E-state index in [0.29, 0.717) is 23.8 Å². The third-order valence-electron chi connectivity index (χ3n) is 5.12. The number of hydrogen-bond acceptors (Lipinski definition) is 4. The molecule has 1 aliphatic rings. The smallest absolute Gasteiger partial charge is 0.331 e. The number of methoxy groups -OCH3 is 1. The molecule has 0 aromatic heterocycles. The predicted octanol–water partition coefficient (Wildman–Crippen LogP) is 3.15. The first-order valence-electron chi connectivity index (χ1n) is 9.18. The number of benzene rings is 1. The van der Waals surface area contributed by atoms with Crippen molar-refractivity contribution in [2.45, 2.75) is 57.5 Å². The molecule has 1 unspecified atom stereocenters. The van der Waals surface area contributed by atoms with Gasteiger partial charge in [0.1, 0.15) is 5.54 Å². The minimum atomic E-state index is -0.987. The Morgan fingerprint density at radius 1 is 1.22 bits per heavy atom. The van der Waals surface area contributed by atoms with Gasteiger partial charge < -0.3 is 15.4 Å². The van der Waals surface area contributed by atoms with Crippen LogP contribution in [0.3, 0.4) is 0 Å². The van der Waals surface area contributed by atoms with Crippen LogP contribution in [0.5, 0.6) is 0 Å². The summed E-state index contributed by atoms with van der Waals surface area (Å²) in [5, 5.41) is 6.26. The van der Waals surface area contributed by atoms with E-state index in [4.69, 9.17) is 16.3 Å². The summed E-state index contributed by atoms with van der Waals surface area (Å²) in [6.45, 7) is 3.54. The summed E-state index contributed by atoms with van der Waals surface area (Å²) in [7, 11) is 1.34. The summed E-state index contributed by atoms with van der Waals surface area (Å²) < 4.78 is 4.96. The van der Waals surface area contributed by atoms with Gasteiger partial charge in [0, 0.05) is 11.9 Å². The van der Waals surface area contributed by atoms with Gasteiger partial charge in [-0.1, -0.05) is 30.7 Å². The third kappa shape index (κ3) is 5.70. The largest absolute Gasteiger partial charge is 0.467 e. The molecule has 7 heteroatoms. The first-order valence-corrected chi connectivity index (χ1v) is 9.55. The second-order valence-electron chi connectivity index (χ2n) is 7.31. The van der Waals surface area contributed by atoms with Crippen molar-refractivity contribution >= 4 is 29.4 Å². The first-order chi connectivity index (χ1) is 12.8. The van der Waals surface area contributed by atoms with E-state index in [2.05, 4.69) is 17.6 Å². The summed E-state index contributed by atoms with van der Waals surface area (Å²) in [6.07, 6.45) is 2.83. The molecule has 2 N–H and O–H groups in total. The fourth-order valence-electron chi connectivity index (χ4n) is 3.53. The molecule has 0 radical (unpaired) electrons. The molecule has 27 heavy (non-hydrogen) atoms. The number of hydrogen-bond donors (Lipinski definition) is 2. The maximum atomic E-state index is 12.8. The van der Waals surface area contributed by atoms with E-state index in [1.807, 2.05) is 0 Å². The van der Waals surface area contributed by atoms with Gasteiger partial charge in [0.15, 0.2) is 0 Å². The van der Waals surface area contributed by atoms with E-state index in [1.54, 1.807) is 24.3 Å². The van der Waals surface area contributed by atoms with Gasteiger partial charge in [-0.25, -0.2) is 4.79 Å². The van der Waals surface area contributed by atoms with E-state index in [9.17, 15) is 14.4 Å². The fourth-order valence-corrected chi connectivity index (χ4v) is 3.65. The predicted molar refractivity (Wildman–Crippen MR) is 103 cm³/mol. The van der Waals surface area contributed by atoms with Crippen molar-refractivity contribution in [2.24, 2.45) is 5.92 Å². The maximum Gasteiger partial charge on any atom is 0.331 e. The van der Waals surface area contributed by atoms with Crippen molar-refractivity contribution in [3.05, 3.63) is 34.9 Å². The molecule has 2 rings (SSSR count). The summed E-state index contributed by atoms with van der Waals surface area (Å²) >= 11 is 5.92. The van der Waals surface area contributed by atoms with E-state index < -0.39 is 17.6 Å². The Balaban J connectivity index is 2.14. The highest BCUT2D eigenvalue weighted by atomic mass is 35.5. The molecule has 0 bridgehead atoms. The van der Waals surface area contributed by atoms with Gasteiger partial charge in [-0.3, -0.25) is 9.59 Å². The number of esters is 1. The van der Waals surface area contributed by atoms with Crippen LogP contribution in [0.4, 0.5) is 0 Å². The Morgan fingerprint density at radius 3 is 2.33 bits per heavy atom. The lowest BCUT2D eigenvalue weighted by molar-refractivity contribution is -0.153. The molecule has 1 aliphatic carbocycles. The van der Waals surface area contributed by atoms with Crippen LogP contribution in [-0.2, 0) is 19.1 Å². The van der Waals surface area contributed by atoms with Crippen LogP contribution in [0.2, 0.25) is 5.02 Å². The molecule has 1 aromatic carbocycles. The molecular formula is C20H27ClN2O4. The summed E-state index contributed by atoms with van der Waals surface area (Å²) in [5.41, 5.74) is -0.215. The first kappa shape index (κ1) is 21.2. The molecule has 0 saturated heterocycles. The average Bonchev–Trinajstić information content (AvgIpc) is 2.62. The number of carbonyl (C=O) groups excluding carboxylic acids is 3. The Labute approximate surface area is 165 Å². The Hall–Kier alpha value is -2.08. The van der Waals surface area contributed by atoms with Crippen molar-refractivity contribution < 1.29 is 19.1 Å². The molecule has 0 spiro atoms. The van der Waals surface area contributed by atoms with E-state index >= 15 is 0 Å². The summed E-state index contributed by atoms with van der Waals surface area (Å²) in [4.78, 5) is 36.7. The van der Waals surface area contributed by atoms with Gasteiger partial charge in [0.2, 0.25) is 11.8 Å². The van der Waals surface area contributed by atoms with Gasteiger partial charge in [0.05, 0.1) is 19.6 Å². The molecule has 1 saturated carbocycles. The minimum absolute atomic E-state index is 0.0233. The number of rotatable bonds is 6. The third-order valence-corrected chi connectivity index (χ3v) is 5.37. The minimum Gasteiger partial charge on any atom is -0.467 e. The maximum absolute atomic E-state index is 12.8. The van der Waals surface area contributed by atoms with Crippen LogP contribution in [-0.4, -0.2) is 30.4 Å². The SMILES string of the molecule is COC(=O)C1(NC(=O)CC(NC(C)=O)c2ccc(Cl)cc2)CCC(C)CC1. The monoisotopic (exact) mass is 394 g/mol. The normalized spacial score (nSPS) is 23.2. The van der Waals surface area contributed by atoms with Crippen LogP contribution in [0.15, 0.2) is 24.3 Å². The van der Waals surface area contributed by atoms with Gasteiger partial charge in [-0.15, -0.1) is 0 Å². The molecule has 0 aliphatic heterocycles. The van der Waals surface area contributed by atoms with E-state index in [-0.39, 0.29) is 18.2 Å². The van der Waals surface area contributed by atoms with E-state index in [0.717, 1.165) is 18.4 Å². The van der Waals surface area contributed by atoms with Crippen molar-refractivity contribution in [3.8, 4) is 0 Å². The van der Waals surface area contributed by atoms with Gasteiger partial charge in [-0.05, 0) is 49.3 Å². The summed E-state index contributed by atoms with van der Waals surface area (Å²) in [5.74, 6) is -0.438. The number of amides is 2. The zero-order valence-electron chi connectivity index (χ0n) is 16.0. The van der Waals surface area contributed by atoms with Crippen LogP contribution < -0.4 is 10.6 Å². The van der Waals surface area contributed by atoms with E-state index in [1.165, 1.54) is 14.0 Å². The number of carbonyl (C=O) groups is 3. The van der Waals surface area contributed by atoms with Crippen molar-refractivity contribution in [3.63, 3.8) is 0 Å². The molecule has 2 amide bonds. The highest BCUT2D eigenvalue weighted by molar-refractivity contribution is 6.30. The van der Waals surface area contributed by atoms with Gasteiger partial charge >= 0.3 is 5.97 Å².